The number of fused-ring (bicyclic) bond motifs is 2. The van der Waals surface area contributed by atoms with Gasteiger partial charge in [0.2, 0.25) is 0 Å². The molecule has 0 amide bonds. The molecule has 4 nitrogen and oxygen atoms in total. The van der Waals surface area contributed by atoms with Gasteiger partial charge in [-0.3, -0.25) is 9.98 Å². The number of hydrogen-bond donors (Lipinski definition) is 0. The van der Waals surface area contributed by atoms with Crippen molar-refractivity contribution in [1.82, 2.24) is 14.8 Å². The van der Waals surface area contributed by atoms with Crippen molar-refractivity contribution in [1.29, 1.82) is 0 Å². The van der Waals surface area contributed by atoms with Gasteiger partial charge in [0, 0.05) is 25.2 Å². The van der Waals surface area contributed by atoms with Crippen LogP contribution in [-0.2, 0) is 13.1 Å². The number of pyridine rings is 1. The molecule has 4 heteroatoms. The number of nitrogens with zero attached hydrogens (tertiary/aromatic N) is 4. The maximum absolute atomic E-state index is 5.01. The van der Waals surface area contributed by atoms with Gasteiger partial charge in [-0.15, -0.1) is 0 Å². The number of likely N-dealkylation sites (N-methyl/N-ethyl adjacent to an activating group) is 1. The Kier molecular flexibility index (Phi) is 2.84. The van der Waals surface area contributed by atoms with Crippen molar-refractivity contribution >= 4 is 5.84 Å². The first-order chi connectivity index (χ1) is 9.79. The van der Waals surface area contributed by atoms with Crippen molar-refractivity contribution in [3.05, 3.63) is 41.7 Å². The fourth-order valence-electron chi connectivity index (χ4n) is 3.44. The number of dihydropyridines is 1. The number of amidine groups is 1. The Balaban J connectivity index is 1.54. The smallest absolute Gasteiger partial charge is 0.124 e. The average Bonchev–Trinajstić information content (AvgIpc) is 2.90. The van der Waals surface area contributed by atoms with E-state index in [2.05, 4.69) is 40.0 Å². The van der Waals surface area contributed by atoms with Crippen LogP contribution in [0.2, 0.25) is 0 Å². The molecule has 1 aromatic heterocycles. The van der Waals surface area contributed by atoms with E-state index in [9.17, 15) is 0 Å². The predicted octanol–water partition coefficient (Wildman–Crippen LogP) is 1.69. The van der Waals surface area contributed by atoms with Crippen molar-refractivity contribution in [3.8, 4) is 0 Å². The van der Waals surface area contributed by atoms with Crippen molar-refractivity contribution in [2.45, 2.75) is 25.6 Å². The molecule has 0 saturated carbocycles. The molecule has 2 atom stereocenters. The summed E-state index contributed by atoms with van der Waals surface area (Å²) in [6.07, 6.45) is 7.71. The second kappa shape index (κ2) is 4.70. The molecule has 1 fully saturated rings. The van der Waals surface area contributed by atoms with Gasteiger partial charge in [0.15, 0.2) is 0 Å². The molecule has 3 aliphatic heterocycles. The first-order valence-electron chi connectivity index (χ1n) is 7.42. The Hall–Kier alpha value is -1.68. The highest BCUT2D eigenvalue weighted by molar-refractivity contribution is 5.94. The van der Waals surface area contributed by atoms with E-state index in [1.54, 1.807) is 0 Å². The van der Waals surface area contributed by atoms with E-state index in [0.29, 0.717) is 12.0 Å². The van der Waals surface area contributed by atoms with E-state index in [4.69, 9.17) is 4.99 Å². The monoisotopic (exact) mass is 268 g/mol. The number of piperidine rings is 1. The largest absolute Gasteiger partial charge is 0.347 e. The molecule has 4 rings (SSSR count). The van der Waals surface area contributed by atoms with Crippen LogP contribution in [0.3, 0.4) is 0 Å². The van der Waals surface area contributed by atoms with Gasteiger partial charge in [-0.2, -0.15) is 0 Å². The number of hydrogen-bond acceptors (Lipinski definition) is 4. The maximum atomic E-state index is 5.01. The first kappa shape index (κ1) is 12.1. The lowest BCUT2D eigenvalue weighted by molar-refractivity contribution is 0.214. The lowest BCUT2D eigenvalue weighted by atomic mass is 9.90. The third kappa shape index (κ3) is 2.04. The Morgan fingerprint density at radius 2 is 2.25 bits per heavy atom. The number of likely N-dealkylation sites (tertiary alicyclic amines) is 1. The Morgan fingerprint density at radius 3 is 3.15 bits per heavy atom. The summed E-state index contributed by atoms with van der Waals surface area (Å²) in [5, 5.41) is 0. The van der Waals surface area contributed by atoms with Crippen LogP contribution in [0.1, 0.15) is 17.7 Å². The van der Waals surface area contributed by atoms with Crippen molar-refractivity contribution in [2.24, 2.45) is 10.9 Å². The summed E-state index contributed by atoms with van der Waals surface area (Å²) in [5.41, 5.74) is 2.54. The zero-order chi connectivity index (χ0) is 13.5. The fraction of sp³-hybridized carbons (Fsp3) is 0.500. The van der Waals surface area contributed by atoms with Gasteiger partial charge in [-0.05, 0) is 37.7 Å². The van der Waals surface area contributed by atoms with Crippen LogP contribution in [0, 0.1) is 5.92 Å². The van der Waals surface area contributed by atoms with Crippen LogP contribution in [0.25, 0.3) is 0 Å². The normalized spacial score (nSPS) is 29.1. The molecular formula is C16H20N4. The molecule has 4 heterocycles. The van der Waals surface area contributed by atoms with Crippen LogP contribution in [0.4, 0.5) is 0 Å². The SMILES string of the molecule is CN1CCC2C=CC(N3Cc4cccnc4C3)=NC2C1. The van der Waals surface area contributed by atoms with Gasteiger partial charge in [0.05, 0.1) is 18.3 Å². The molecular weight excluding hydrogens is 248 g/mol. The summed E-state index contributed by atoms with van der Waals surface area (Å²) < 4.78 is 0. The summed E-state index contributed by atoms with van der Waals surface area (Å²) in [4.78, 5) is 14.2. The molecule has 2 unspecified atom stereocenters. The van der Waals surface area contributed by atoms with Gasteiger partial charge >= 0.3 is 0 Å². The minimum Gasteiger partial charge on any atom is -0.347 e. The van der Waals surface area contributed by atoms with E-state index in [-0.39, 0.29) is 0 Å². The molecule has 1 saturated heterocycles. The zero-order valence-corrected chi connectivity index (χ0v) is 11.9. The van der Waals surface area contributed by atoms with Gasteiger partial charge in [0.1, 0.15) is 5.84 Å². The zero-order valence-electron chi connectivity index (χ0n) is 11.9. The average molecular weight is 268 g/mol. The molecule has 20 heavy (non-hydrogen) atoms. The predicted molar refractivity (Wildman–Crippen MR) is 79.5 cm³/mol. The van der Waals surface area contributed by atoms with Gasteiger partial charge in [-0.1, -0.05) is 12.1 Å². The molecule has 1 aromatic rings. The summed E-state index contributed by atoms with van der Waals surface area (Å²) in [5.74, 6) is 1.78. The molecule has 0 aliphatic carbocycles. The number of aromatic nitrogens is 1. The Bertz CT molecular complexity index is 553. The quantitative estimate of drug-likeness (QED) is 0.717. The van der Waals surface area contributed by atoms with Crippen molar-refractivity contribution in [2.75, 3.05) is 20.1 Å². The maximum Gasteiger partial charge on any atom is 0.124 e. The lowest BCUT2D eigenvalue weighted by Crippen LogP contribution is -2.43. The fourth-order valence-corrected chi connectivity index (χ4v) is 3.44. The molecule has 0 spiro atoms. The minimum atomic E-state index is 0.436. The summed E-state index contributed by atoms with van der Waals surface area (Å²) in [7, 11) is 2.19. The highest BCUT2D eigenvalue weighted by Crippen LogP contribution is 2.27. The molecule has 104 valence electrons. The van der Waals surface area contributed by atoms with Crippen LogP contribution < -0.4 is 0 Å². The highest BCUT2D eigenvalue weighted by atomic mass is 15.2. The molecule has 0 N–H and O–H groups in total. The lowest BCUT2D eigenvalue weighted by Gasteiger charge is -2.36. The Morgan fingerprint density at radius 1 is 1.30 bits per heavy atom. The molecule has 0 bridgehead atoms. The van der Waals surface area contributed by atoms with E-state index < -0.39 is 0 Å². The third-order valence-corrected chi connectivity index (χ3v) is 4.64. The first-order valence-corrected chi connectivity index (χ1v) is 7.42. The molecule has 3 aliphatic rings. The Labute approximate surface area is 119 Å². The number of aliphatic imine (C=N–C) groups is 1. The topological polar surface area (TPSA) is 31.7 Å². The second-order valence-electron chi connectivity index (χ2n) is 6.09. The summed E-state index contributed by atoms with van der Waals surface area (Å²) >= 11 is 0. The van der Waals surface area contributed by atoms with Gasteiger partial charge < -0.3 is 9.80 Å². The van der Waals surface area contributed by atoms with E-state index in [1.165, 1.54) is 24.2 Å². The van der Waals surface area contributed by atoms with Crippen LogP contribution >= 0.6 is 0 Å². The highest BCUT2D eigenvalue weighted by Gasteiger charge is 2.30. The van der Waals surface area contributed by atoms with Crippen LogP contribution in [-0.4, -0.2) is 46.8 Å². The van der Waals surface area contributed by atoms with Gasteiger partial charge in [-0.25, -0.2) is 0 Å². The molecule has 0 aromatic carbocycles. The third-order valence-electron chi connectivity index (χ3n) is 4.64. The van der Waals surface area contributed by atoms with E-state index >= 15 is 0 Å². The summed E-state index contributed by atoms with van der Waals surface area (Å²) in [6, 6.07) is 4.63. The van der Waals surface area contributed by atoms with Crippen LogP contribution in [0.5, 0.6) is 0 Å². The number of rotatable bonds is 0. The summed E-state index contributed by atoms with van der Waals surface area (Å²) in [6.45, 7) is 4.11. The van der Waals surface area contributed by atoms with Crippen LogP contribution in [0.15, 0.2) is 35.5 Å². The molecule has 0 radical (unpaired) electrons. The standard InChI is InChI=1S/C16H20N4/c1-19-8-6-12-4-5-16(18-15(12)10-19)20-9-13-3-2-7-17-14(13)11-20/h2-5,7,12,15H,6,8-11H2,1H3. The second-order valence-corrected chi connectivity index (χ2v) is 6.09. The van der Waals surface area contributed by atoms with Crippen molar-refractivity contribution in [3.63, 3.8) is 0 Å². The van der Waals surface area contributed by atoms with Crippen molar-refractivity contribution < 1.29 is 0 Å². The van der Waals surface area contributed by atoms with E-state index in [0.717, 1.165) is 25.5 Å². The van der Waals surface area contributed by atoms with E-state index in [1.807, 2.05) is 12.3 Å². The minimum absolute atomic E-state index is 0.436. The van der Waals surface area contributed by atoms with Gasteiger partial charge in [0.25, 0.3) is 0 Å².